The Morgan fingerprint density at radius 2 is 2.33 bits per heavy atom. The quantitative estimate of drug-likeness (QED) is 0.690. The van der Waals surface area contributed by atoms with Gasteiger partial charge in [0, 0.05) is 6.54 Å². The number of nitrogens with zero attached hydrogens (tertiary/aromatic N) is 1. The molecule has 1 amide bonds. The van der Waals surface area contributed by atoms with Crippen molar-refractivity contribution in [2.45, 2.75) is 25.7 Å². The number of rotatable bonds is 3. The standard InChI is InChI=1S/C10H16N4O/c11-8-6-13-14-9(8)10(15)12-5-7-3-1-2-4-7/h6-7H,1-5,11H2,(H,12,15)(H,13,14). The van der Waals surface area contributed by atoms with Crippen LogP contribution in [0.2, 0.25) is 0 Å². The Morgan fingerprint density at radius 1 is 1.60 bits per heavy atom. The predicted molar refractivity (Wildman–Crippen MR) is 57.3 cm³/mol. The van der Waals surface area contributed by atoms with E-state index in [1.807, 2.05) is 0 Å². The van der Waals surface area contributed by atoms with Crippen molar-refractivity contribution in [1.82, 2.24) is 15.5 Å². The molecule has 1 aliphatic rings. The molecule has 15 heavy (non-hydrogen) atoms. The average molecular weight is 208 g/mol. The highest BCUT2D eigenvalue weighted by molar-refractivity contribution is 5.96. The van der Waals surface area contributed by atoms with E-state index in [1.54, 1.807) is 0 Å². The largest absolute Gasteiger partial charge is 0.396 e. The van der Waals surface area contributed by atoms with Crippen LogP contribution in [0.5, 0.6) is 0 Å². The highest BCUT2D eigenvalue weighted by Gasteiger charge is 2.17. The molecule has 1 fully saturated rings. The van der Waals surface area contributed by atoms with Crippen molar-refractivity contribution in [3.05, 3.63) is 11.9 Å². The summed E-state index contributed by atoms with van der Waals surface area (Å²) in [5, 5.41) is 9.18. The number of hydrogen-bond acceptors (Lipinski definition) is 3. The first kappa shape index (κ1) is 10.0. The molecule has 0 saturated heterocycles. The maximum Gasteiger partial charge on any atom is 0.271 e. The number of nitrogens with two attached hydrogens (primary N) is 1. The van der Waals surface area contributed by atoms with Crippen molar-refractivity contribution in [1.29, 1.82) is 0 Å². The highest BCUT2D eigenvalue weighted by atomic mass is 16.1. The molecule has 0 atom stereocenters. The van der Waals surface area contributed by atoms with Crippen molar-refractivity contribution in [3.63, 3.8) is 0 Å². The van der Waals surface area contributed by atoms with Gasteiger partial charge in [0.15, 0.2) is 0 Å². The molecule has 5 nitrogen and oxygen atoms in total. The van der Waals surface area contributed by atoms with Gasteiger partial charge < -0.3 is 11.1 Å². The van der Waals surface area contributed by atoms with Crippen molar-refractivity contribution < 1.29 is 4.79 Å². The van der Waals surface area contributed by atoms with E-state index in [2.05, 4.69) is 15.5 Å². The van der Waals surface area contributed by atoms with E-state index in [-0.39, 0.29) is 5.91 Å². The number of amides is 1. The van der Waals surface area contributed by atoms with Gasteiger partial charge in [0.2, 0.25) is 0 Å². The average Bonchev–Trinajstić information content (AvgIpc) is 2.84. The molecule has 4 N–H and O–H groups in total. The SMILES string of the molecule is Nc1cn[nH]c1C(=O)NCC1CCCC1. The third-order valence-corrected chi connectivity index (χ3v) is 2.92. The Bertz CT molecular complexity index is 341. The molecule has 1 heterocycles. The summed E-state index contributed by atoms with van der Waals surface area (Å²) in [6.45, 7) is 0.747. The van der Waals surface area contributed by atoms with Gasteiger partial charge in [-0.05, 0) is 18.8 Å². The monoisotopic (exact) mass is 208 g/mol. The Labute approximate surface area is 88.4 Å². The van der Waals surface area contributed by atoms with Gasteiger partial charge in [-0.15, -0.1) is 0 Å². The Morgan fingerprint density at radius 3 is 2.93 bits per heavy atom. The lowest BCUT2D eigenvalue weighted by Gasteiger charge is -2.09. The molecule has 2 rings (SSSR count). The van der Waals surface area contributed by atoms with Crippen LogP contribution in [0.25, 0.3) is 0 Å². The van der Waals surface area contributed by atoms with Crippen molar-refractivity contribution in [2.24, 2.45) is 5.92 Å². The summed E-state index contributed by atoms with van der Waals surface area (Å²) in [6, 6.07) is 0. The van der Waals surface area contributed by atoms with E-state index in [1.165, 1.54) is 31.9 Å². The van der Waals surface area contributed by atoms with Crippen LogP contribution >= 0.6 is 0 Å². The van der Waals surface area contributed by atoms with E-state index < -0.39 is 0 Å². The first-order chi connectivity index (χ1) is 7.27. The van der Waals surface area contributed by atoms with Gasteiger partial charge in [-0.25, -0.2) is 0 Å². The number of nitrogens with one attached hydrogen (secondary N) is 2. The van der Waals surface area contributed by atoms with E-state index in [4.69, 9.17) is 5.73 Å². The van der Waals surface area contributed by atoms with E-state index in [0.29, 0.717) is 17.3 Å². The number of carbonyl (C=O) groups excluding carboxylic acids is 1. The fourth-order valence-corrected chi connectivity index (χ4v) is 2.02. The van der Waals surface area contributed by atoms with Crippen molar-refractivity contribution in [3.8, 4) is 0 Å². The van der Waals surface area contributed by atoms with Crippen LogP contribution in [-0.2, 0) is 0 Å². The summed E-state index contributed by atoms with van der Waals surface area (Å²) in [6.07, 6.45) is 6.46. The molecule has 82 valence electrons. The Hall–Kier alpha value is -1.52. The molecule has 0 bridgehead atoms. The van der Waals surface area contributed by atoms with Crippen LogP contribution in [0.1, 0.15) is 36.2 Å². The second-order valence-electron chi connectivity index (χ2n) is 4.06. The molecule has 1 aromatic rings. The summed E-state index contributed by atoms with van der Waals surface area (Å²) in [5.74, 6) is 0.481. The second kappa shape index (κ2) is 4.33. The maximum absolute atomic E-state index is 11.6. The van der Waals surface area contributed by atoms with Crippen LogP contribution in [-0.4, -0.2) is 22.6 Å². The van der Waals surface area contributed by atoms with Crippen LogP contribution in [0.15, 0.2) is 6.20 Å². The van der Waals surface area contributed by atoms with Gasteiger partial charge in [-0.2, -0.15) is 5.10 Å². The molecule has 0 unspecified atom stereocenters. The smallest absolute Gasteiger partial charge is 0.271 e. The summed E-state index contributed by atoms with van der Waals surface area (Å²) >= 11 is 0. The minimum atomic E-state index is -0.156. The summed E-state index contributed by atoms with van der Waals surface area (Å²) < 4.78 is 0. The van der Waals surface area contributed by atoms with E-state index in [9.17, 15) is 4.79 Å². The normalized spacial score (nSPS) is 16.8. The lowest BCUT2D eigenvalue weighted by molar-refractivity contribution is 0.0943. The lowest BCUT2D eigenvalue weighted by Crippen LogP contribution is -2.29. The van der Waals surface area contributed by atoms with Crippen LogP contribution in [0.4, 0.5) is 5.69 Å². The minimum absolute atomic E-state index is 0.156. The highest BCUT2D eigenvalue weighted by Crippen LogP contribution is 2.23. The first-order valence-corrected chi connectivity index (χ1v) is 5.34. The lowest BCUT2D eigenvalue weighted by atomic mass is 10.1. The molecular formula is C10H16N4O. The summed E-state index contributed by atoms with van der Waals surface area (Å²) in [4.78, 5) is 11.6. The molecule has 5 heteroatoms. The van der Waals surface area contributed by atoms with E-state index >= 15 is 0 Å². The van der Waals surface area contributed by atoms with Crippen LogP contribution in [0, 0.1) is 5.92 Å². The third kappa shape index (κ3) is 2.29. The Balaban J connectivity index is 1.84. The molecule has 0 radical (unpaired) electrons. The number of hydrogen-bond donors (Lipinski definition) is 3. The Kier molecular flexibility index (Phi) is 2.89. The van der Waals surface area contributed by atoms with Gasteiger partial charge in [-0.3, -0.25) is 9.89 Å². The molecule has 0 aliphatic heterocycles. The fraction of sp³-hybridized carbons (Fsp3) is 0.600. The van der Waals surface area contributed by atoms with Gasteiger partial charge in [0.1, 0.15) is 5.69 Å². The number of nitrogen functional groups attached to an aromatic ring is 1. The first-order valence-electron chi connectivity index (χ1n) is 5.34. The summed E-state index contributed by atoms with van der Waals surface area (Å²) in [7, 11) is 0. The minimum Gasteiger partial charge on any atom is -0.396 e. The van der Waals surface area contributed by atoms with Crippen molar-refractivity contribution >= 4 is 11.6 Å². The molecule has 0 aromatic carbocycles. The van der Waals surface area contributed by atoms with Gasteiger partial charge in [0.25, 0.3) is 5.91 Å². The topological polar surface area (TPSA) is 83.8 Å². The van der Waals surface area contributed by atoms with Gasteiger partial charge in [0.05, 0.1) is 11.9 Å². The van der Waals surface area contributed by atoms with Gasteiger partial charge in [-0.1, -0.05) is 12.8 Å². The predicted octanol–water partition coefficient (Wildman–Crippen LogP) is 0.912. The summed E-state index contributed by atoms with van der Waals surface area (Å²) in [5.41, 5.74) is 6.34. The number of H-pyrrole nitrogens is 1. The molecule has 1 aliphatic carbocycles. The zero-order chi connectivity index (χ0) is 10.7. The number of anilines is 1. The van der Waals surface area contributed by atoms with E-state index in [0.717, 1.165) is 6.54 Å². The molecule has 1 aromatic heterocycles. The number of aromatic amines is 1. The van der Waals surface area contributed by atoms with Crippen molar-refractivity contribution in [2.75, 3.05) is 12.3 Å². The maximum atomic E-state index is 11.6. The molecule has 1 saturated carbocycles. The van der Waals surface area contributed by atoms with Crippen LogP contribution in [0.3, 0.4) is 0 Å². The number of aromatic nitrogens is 2. The van der Waals surface area contributed by atoms with Gasteiger partial charge >= 0.3 is 0 Å². The van der Waals surface area contributed by atoms with Crippen LogP contribution < -0.4 is 11.1 Å². The molecular weight excluding hydrogens is 192 g/mol. The zero-order valence-corrected chi connectivity index (χ0v) is 8.62. The second-order valence-corrected chi connectivity index (χ2v) is 4.06. The fourth-order valence-electron chi connectivity index (χ4n) is 2.02. The molecule has 0 spiro atoms. The zero-order valence-electron chi connectivity index (χ0n) is 8.62. The number of carbonyl (C=O) groups is 1. The third-order valence-electron chi connectivity index (χ3n) is 2.92.